The predicted octanol–water partition coefficient (Wildman–Crippen LogP) is 2.50. The van der Waals surface area contributed by atoms with E-state index in [1.54, 1.807) is 6.92 Å². The lowest BCUT2D eigenvalue weighted by atomic mass is 10.1. The third-order valence-corrected chi connectivity index (χ3v) is 1.90. The molecule has 1 rings (SSSR count). The van der Waals surface area contributed by atoms with Gasteiger partial charge < -0.3 is 4.74 Å². The Morgan fingerprint density at radius 2 is 2.20 bits per heavy atom. The van der Waals surface area contributed by atoms with Crippen LogP contribution in [0.4, 0.5) is 8.78 Å². The summed E-state index contributed by atoms with van der Waals surface area (Å²) in [6.07, 6.45) is -0.302. The van der Waals surface area contributed by atoms with Crippen molar-refractivity contribution in [3.63, 3.8) is 0 Å². The number of hydrogen-bond donors (Lipinski definition) is 0. The zero-order valence-electron chi connectivity index (χ0n) is 8.46. The van der Waals surface area contributed by atoms with Crippen LogP contribution in [0.25, 0.3) is 0 Å². The molecule has 0 aromatic carbocycles. The molecule has 1 aromatic heterocycles. The first-order valence-electron chi connectivity index (χ1n) is 4.47. The van der Waals surface area contributed by atoms with E-state index in [0.717, 1.165) is 6.20 Å². The van der Waals surface area contributed by atoms with Crippen LogP contribution in [0.15, 0.2) is 12.4 Å². The third kappa shape index (κ3) is 2.49. The molecule has 1 heterocycles. The first kappa shape index (κ1) is 11.6. The number of esters is 1. The number of pyridine rings is 1. The molecular formula is C10H11F2NO2. The predicted molar refractivity (Wildman–Crippen MR) is 49.9 cm³/mol. The van der Waals surface area contributed by atoms with Crippen LogP contribution >= 0.6 is 0 Å². The van der Waals surface area contributed by atoms with Crippen LogP contribution in [0.1, 0.15) is 34.8 Å². The molecule has 0 fully saturated rings. The molecule has 0 radical (unpaired) electrons. The van der Waals surface area contributed by atoms with Crippen molar-refractivity contribution < 1.29 is 18.3 Å². The minimum absolute atomic E-state index is 0.148. The van der Waals surface area contributed by atoms with Gasteiger partial charge in [-0.05, 0) is 19.4 Å². The molecule has 3 nitrogen and oxygen atoms in total. The molecule has 0 aliphatic rings. The van der Waals surface area contributed by atoms with Crippen LogP contribution in [0, 0.1) is 6.92 Å². The summed E-state index contributed by atoms with van der Waals surface area (Å²) in [6.45, 7) is 3.25. The summed E-state index contributed by atoms with van der Waals surface area (Å²) in [7, 11) is 0. The molecule has 0 N–H and O–H groups in total. The number of aromatic nitrogens is 1. The summed E-state index contributed by atoms with van der Waals surface area (Å²) in [5, 5.41) is 0. The number of carbonyl (C=O) groups excluding carboxylic acids is 1. The summed E-state index contributed by atoms with van der Waals surface area (Å²) in [6, 6.07) is 0. The average molecular weight is 215 g/mol. The van der Waals surface area contributed by atoms with Crippen molar-refractivity contribution in [2.24, 2.45) is 0 Å². The Kier molecular flexibility index (Phi) is 3.71. The zero-order chi connectivity index (χ0) is 11.4. The van der Waals surface area contributed by atoms with E-state index in [1.165, 1.54) is 13.1 Å². The van der Waals surface area contributed by atoms with Gasteiger partial charge in [-0.15, -0.1) is 0 Å². The second-order valence-electron chi connectivity index (χ2n) is 2.94. The van der Waals surface area contributed by atoms with Gasteiger partial charge in [0.25, 0.3) is 6.43 Å². The van der Waals surface area contributed by atoms with Gasteiger partial charge in [0.2, 0.25) is 0 Å². The van der Waals surface area contributed by atoms with Crippen molar-refractivity contribution >= 4 is 5.97 Å². The van der Waals surface area contributed by atoms with E-state index in [9.17, 15) is 13.6 Å². The minimum Gasteiger partial charge on any atom is -0.462 e. The minimum atomic E-state index is -2.70. The van der Waals surface area contributed by atoms with Crippen LogP contribution in [-0.2, 0) is 4.74 Å². The molecule has 0 spiro atoms. The standard InChI is InChI=1S/C10H11F2NO2/c1-3-15-10(14)7-5-13-4-6(2)8(7)9(11)12/h4-5,9H,3H2,1-2H3. The molecule has 0 aliphatic heterocycles. The monoisotopic (exact) mass is 215 g/mol. The summed E-state index contributed by atoms with van der Waals surface area (Å²) >= 11 is 0. The van der Waals surface area contributed by atoms with Crippen molar-refractivity contribution in [1.82, 2.24) is 4.98 Å². The molecular weight excluding hydrogens is 204 g/mol. The first-order chi connectivity index (χ1) is 7.07. The largest absolute Gasteiger partial charge is 0.462 e. The molecule has 0 saturated carbocycles. The van der Waals surface area contributed by atoms with Crippen molar-refractivity contribution in [2.45, 2.75) is 20.3 Å². The fourth-order valence-electron chi connectivity index (χ4n) is 1.24. The highest BCUT2D eigenvalue weighted by atomic mass is 19.3. The van der Waals surface area contributed by atoms with Gasteiger partial charge >= 0.3 is 5.97 Å². The van der Waals surface area contributed by atoms with Gasteiger partial charge in [0.1, 0.15) is 0 Å². The molecule has 0 aliphatic carbocycles. The van der Waals surface area contributed by atoms with Gasteiger partial charge in [-0.25, -0.2) is 13.6 Å². The summed E-state index contributed by atoms with van der Waals surface area (Å²) in [5.41, 5.74) is -0.175. The molecule has 5 heteroatoms. The van der Waals surface area contributed by atoms with Gasteiger partial charge in [-0.3, -0.25) is 4.98 Å². The zero-order valence-corrected chi connectivity index (χ0v) is 8.46. The maximum atomic E-state index is 12.7. The normalized spacial score (nSPS) is 10.5. The number of halogens is 2. The molecule has 15 heavy (non-hydrogen) atoms. The van der Waals surface area contributed by atoms with Crippen molar-refractivity contribution in [1.29, 1.82) is 0 Å². The van der Waals surface area contributed by atoms with Gasteiger partial charge in [-0.2, -0.15) is 0 Å². The Morgan fingerprint density at radius 1 is 1.53 bits per heavy atom. The number of ether oxygens (including phenoxy) is 1. The third-order valence-electron chi connectivity index (χ3n) is 1.90. The van der Waals surface area contributed by atoms with E-state index in [2.05, 4.69) is 9.72 Å². The highest BCUT2D eigenvalue weighted by Crippen LogP contribution is 2.25. The summed E-state index contributed by atoms with van der Waals surface area (Å²) < 4.78 is 30.0. The van der Waals surface area contributed by atoms with Gasteiger partial charge in [0.05, 0.1) is 12.2 Å². The van der Waals surface area contributed by atoms with Crippen molar-refractivity contribution in [3.05, 3.63) is 29.1 Å². The molecule has 0 unspecified atom stereocenters. The van der Waals surface area contributed by atoms with E-state index < -0.39 is 12.4 Å². The van der Waals surface area contributed by atoms with Crippen LogP contribution in [-0.4, -0.2) is 17.6 Å². The lowest BCUT2D eigenvalue weighted by molar-refractivity contribution is 0.0514. The number of alkyl halides is 2. The fourth-order valence-corrected chi connectivity index (χ4v) is 1.24. The quantitative estimate of drug-likeness (QED) is 0.727. The molecule has 0 bridgehead atoms. The average Bonchev–Trinajstić information content (AvgIpc) is 2.17. The molecule has 1 aromatic rings. The highest BCUT2D eigenvalue weighted by Gasteiger charge is 2.21. The lowest BCUT2D eigenvalue weighted by Gasteiger charge is -2.09. The second kappa shape index (κ2) is 4.82. The molecule has 0 amide bonds. The SMILES string of the molecule is CCOC(=O)c1cncc(C)c1C(F)F. The Hall–Kier alpha value is -1.52. The van der Waals surface area contributed by atoms with Gasteiger partial charge in [0.15, 0.2) is 0 Å². The Balaban J connectivity index is 3.17. The maximum absolute atomic E-state index is 12.7. The topological polar surface area (TPSA) is 39.2 Å². The molecule has 0 saturated heterocycles. The van der Waals surface area contributed by atoms with Gasteiger partial charge in [0, 0.05) is 18.0 Å². The smallest absolute Gasteiger partial charge is 0.340 e. The van der Waals surface area contributed by atoms with Crippen LogP contribution < -0.4 is 0 Å². The van der Waals surface area contributed by atoms with E-state index in [0.29, 0.717) is 0 Å². The summed E-state index contributed by atoms with van der Waals surface area (Å²) in [4.78, 5) is 15.0. The molecule has 82 valence electrons. The van der Waals surface area contributed by atoms with Crippen LogP contribution in [0.5, 0.6) is 0 Å². The van der Waals surface area contributed by atoms with Crippen molar-refractivity contribution in [2.75, 3.05) is 6.61 Å². The Morgan fingerprint density at radius 3 is 2.73 bits per heavy atom. The second-order valence-corrected chi connectivity index (χ2v) is 2.94. The van der Waals surface area contributed by atoms with Crippen LogP contribution in [0.3, 0.4) is 0 Å². The highest BCUT2D eigenvalue weighted by molar-refractivity contribution is 5.91. The maximum Gasteiger partial charge on any atom is 0.340 e. The number of hydrogen-bond acceptors (Lipinski definition) is 3. The van der Waals surface area contributed by atoms with E-state index in [1.807, 2.05) is 0 Å². The van der Waals surface area contributed by atoms with Crippen molar-refractivity contribution in [3.8, 4) is 0 Å². The molecule has 0 atom stereocenters. The van der Waals surface area contributed by atoms with E-state index >= 15 is 0 Å². The number of carbonyl (C=O) groups is 1. The first-order valence-corrected chi connectivity index (χ1v) is 4.47. The van der Waals surface area contributed by atoms with E-state index in [-0.39, 0.29) is 23.3 Å². The van der Waals surface area contributed by atoms with E-state index in [4.69, 9.17) is 0 Å². The number of aryl methyl sites for hydroxylation is 1. The van der Waals surface area contributed by atoms with Crippen LogP contribution in [0.2, 0.25) is 0 Å². The lowest BCUT2D eigenvalue weighted by Crippen LogP contribution is -2.10. The number of nitrogens with zero attached hydrogens (tertiary/aromatic N) is 1. The number of rotatable bonds is 3. The Labute approximate surface area is 86.1 Å². The fraction of sp³-hybridized carbons (Fsp3) is 0.400. The summed E-state index contributed by atoms with van der Waals surface area (Å²) in [5.74, 6) is -0.760. The Bertz CT molecular complexity index is 366. The van der Waals surface area contributed by atoms with Gasteiger partial charge in [-0.1, -0.05) is 0 Å².